The van der Waals surface area contributed by atoms with Gasteiger partial charge in [-0.25, -0.2) is 0 Å². The van der Waals surface area contributed by atoms with E-state index in [0.717, 1.165) is 37.7 Å². The average Bonchev–Trinajstić information content (AvgIpc) is 2.98. The van der Waals surface area contributed by atoms with Crippen molar-refractivity contribution in [3.63, 3.8) is 0 Å². The zero-order valence-electron chi connectivity index (χ0n) is 20.7. The molecule has 9 unspecified atom stereocenters. The Labute approximate surface area is 190 Å². The third-order valence-corrected chi connectivity index (χ3v) is 11.0. The van der Waals surface area contributed by atoms with Crippen molar-refractivity contribution >= 4 is 5.78 Å². The molecule has 11 atom stereocenters. The van der Waals surface area contributed by atoms with Crippen molar-refractivity contribution < 1.29 is 14.3 Å². The van der Waals surface area contributed by atoms with Crippen LogP contribution in [0, 0.1) is 52.8 Å². The van der Waals surface area contributed by atoms with Gasteiger partial charge in [0.2, 0.25) is 0 Å². The number of ketones is 1. The Morgan fingerprint density at radius 3 is 2.39 bits per heavy atom. The number of fused-ring (bicyclic) bond motifs is 4. The van der Waals surface area contributed by atoms with Gasteiger partial charge in [-0.15, -0.1) is 0 Å². The lowest BCUT2D eigenvalue weighted by molar-refractivity contribution is -0.270. The fraction of sp³-hybridized carbons (Fsp3) is 0.964. The van der Waals surface area contributed by atoms with Crippen LogP contribution < -0.4 is 0 Å². The maximum atomic E-state index is 13.5. The van der Waals surface area contributed by atoms with Gasteiger partial charge in [-0.05, 0) is 85.4 Å². The molecular weight excluding hydrogens is 384 g/mol. The van der Waals surface area contributed by atoms with Gasteiger partial charge in [0.1, 0.15) is 5.78 Å². The Balaban J connectivity index is 1.39. The van der Waals surface area contributed by atoms with Crippen molar-refractivity contribution in [2.45, 2.75) is 111 Å². The largest absolute Gasteiger partial charge is 0.349 e. The third-order valence-electron chi connectivity index (χ3n) is 11.0. The van der Waals surface area contributed by atoms with Gasteiger partial charge < -0.3 is 9.47 Å². The maximum absolute atomic E-state index is 13.5. The van der Waals surface area contributed by atoms with Gasteiger partial charge >= 0.3 is 0 Å². The molecule has 2 saturated heterocycles. The molecule has 3 heteroatoms. The number of rotatable bonds is 0. The second-order valence-corrected chi connectivity index (χ2v) is 13.0. The van der Waals surface area contributed by atoms with Crippen LogP contribution in [0.3, 0.4) is 0 Å². The van der Waals surface area contributed by atoms with Crippen molar-refractivity contribution in [1.82, 2.24) is 0 Å². The normalized spacial score (nSPS) is 55.5. The van der Waals surface area contributed by atoms with Crippen LogP contribution in [0.5, 0.6) is 0 Å². The van der Waals surface area contributed by atoms with Gasteiger partial charge in [0, 0.05) is 25.2 Å². The predicted octanol–water partition coefficient (Wildman–Crippen LogP) is 6.64. The molecule has 2 aliphatic heterocycles. The second kappa shape index (κ2) is 8.12. The minimum Gasteiger partial charge on any atom is -0.349 e. The van der Waals surface area contributed by atoms with E-state index in [9.17, 15) is 4.79 Å². The molecule has 3 aliphatic carbocycles. The summed E-state index contributed by atoms with van der Waals surface area (Å²) in [5.74, 6) is 4.93. The van der Waals surface area contributed by atoms with E-state index < -0.39 is 5.79 Å². The summed E-state index contributed by atoms with van der Waals surface area (Å²) in [5, 5.41) is 0. The molecule has 0 aromatic heterocycles. The lowest BCUT2D eigenvalue weighted by Gasteiger charge is -2.56. The van der Waals surface area contributed by atoms with E-state index in [-0.39, 0.29) is 6.10 Å². The molecule has 0 bridgehead atoms. The van der Waals surface area contributed by atoms with E-state index >= 15 is 0 Å². The van der Waals surface area contributed by atoms with Crippen molar-refractivity contribution in [2.75, 3.05) is 6.61 Å². The molecular formula is C28H46O3. The van der Waals surface area contributed by atoms with Crippen LogP contribution in [0.4, 0.5) is 0 Å². The average molecular weight is 431 g/mol. The molecule has 5 aliphatic rings. The molecule has 3 saturated carbocycles. The van der Waals surface area contributed by atoms with E-state index in [2.05, 4.69) is 34.6 Å². The molecule has 5 fully saturated rings. The molecule has 0 aromatic carbocycles. The standard InChI is InChI=1S/C28H46O3/c1-17-8-10-27(5)21(12-17)6-7-23-19(3)13-26-24(14-22(29)15-25(23)27)20(4)28(31-26)11-9-18(2)16-30-28/h17-21,23-26H,6-16H2,1-5H3/t17?,18?,19?,20-,21?,23?,24?,25?,26?,27-,28?/m0/s1. The van der Waals surface area contributed by atoms with Crippen LogP contribution in [0.1, 0.15) is 98.8 Å². The molecule has 0 aromatic rings. The third kappa shape index (κ3) is 3.74. The Bertz CT molecular complexity index is 680. The Morgan fingerprint density at radius 1 is 0.871 bits per heavy atom. The molecule has 0 radical (unpaired) electrons. The zero-order valence-corrected chi connectivity index (χ0v) is 20.7. The van der Waals surface area contributed by atoms with Gasteiger partial charge in [0.15, 0.2) is 5.79 Å². The summed E-state index contributed by atoms with van der Waals surface area (Å²) < 4.78 is 13.2. The minimum absolute atomic E-state index is 0.193. The second-order valence-electron chi connectivity index (χ2n) is 13.0. The van der Waals surface area contributed by atoms with Crippen LogP contribution in [0.25, 0.3) is 0 Å². The van der Waals surface area contributed by atoms with Crippen molar-refractivity contribution in [2.24, 2.45) is 52.8 Å². The fourth-order valence-electron chi connectivity index (χ4n) is 8.82. The Hall–Kier alpha value is -0.410. The van der Waals surface area contributed by atoms with E-state index in [1.165, 1.54) is 38.5 Å². The lowest BCUT2D eigenvalue weighted by Crippen LogP contribution is -2.49. The Morgan fingerprint density at radius 2 is 1.65 bits per heavy atom. The molecule has 1 spiro atoms. The summed E-state index contributed by atoms with van der Waals surface area (Å²) in [7, 11) is 0. The van der Waals surface area contributed by atoms with Gasteiger partial charge in [-0.2, -0.15) is 0 Å². The summed E-state index contributed by atoms with van der Waals surface area (Å²) in [6.07, 6.45) is 11.7. The van der Waals surface area contributed by atoms with Crippen LogP contribution in [-0.2, 0) is 14.3 Å². The monoisotopic (exact) mass is 430 g/mol. The summed E-state index contributed by atoms with van der Waals surface area (Å²) in [4.78, 5) is 13.5. The first-order valence-electron chi connectivity index (χ1n) is 13.6. The number of hydrogen-bond donors (Lipinski definition) is 0. The SMILES string of the molecule is CC1CCC2(OC1)OC1CC(C)C3CCC4CC(C)CC[C@]4(C)C3CC(=O)CC1[C@@H]2C. The number of hydrogen-bond acceptors (Lipinski definition) is 3. The van der Waals surface area contributed by atoms with E-state index in [1.54, 1.807) is 0 Å². The molecule has 31 heavy (non-hydrogen) atoms. The number of carbonyl (C=O) groups excluding carboxylic acids is 1. The quantitative estimate of drug-likeness (QED) is 0.432. The van der Waals surface area contributed by atoms with Gasteiger partial charge in [-0.3, -0.25) is 4.79 Å². The Kier molecular flexibility index (Phi) is 5.86. The summed E-state index contributed by atoms with van der Waals surface area (Å²) in [6.45, 7) is 12.9. The maximum Gasteiger partial charge on any atom is 0.171 e. The summed E-state index contributed by atoms with van der Waals surface area (Å²) in [5.41, 5.74) is 0.370. The topological polar surface area (TPSA) is 35.5 Å². The van der Waals surface area contributed by atoms with Gasteiger partial charge in [0.25, 0.3) is 0 Å². The first-order chi connectivity index (χ1) is 14.7. The highest BCUT2D eigenvalue weighted by Crippen LogP contribution is 2.60. The van der Waals surface area contributed by atoms with Crippen molar-refractivity contribution in [3.8, 4) is 0 Å². The number of Topliss-reactive ketones (excluding diaryl/α,β-unsaturated/α-hetero) is 1. The van der Waals surface area contributed by atoms with Crippen LogP contribution in [0.2, 0.25) is 0 Å². The van der Waals surface area contributed by atoms with Crippen molar-refractivity contribution in [1.29, 1.82) is 0 Å². The molecule has 3 nitrogen and oxygen atoms in total. The minimum atomic E-state index is -0.427. The molecule has 176 valence electrons. The van der Waals surface area contributed by atoms with E-state index in [4.69, 9.17) is 9.47 Å². The highest BCUT2D eigenvalue weighted by molar-refractivity contribution is 5.79. The number of ether oxygens (including phenoxy) is 2. The highest BCUT2D eigenvalue weighted by Gasteiger charge is 2.57. The first-order valence-corrected chi connectivity index (χ1v) is 13.6. The van der Waals surface area contributed by atoms with Gasteiger partial charge in [-0.1, -0.05) is 41.0 Å². The smallest absolute Gasteiger partial charge is 0.171 e. The van der Waals surface area contributed by atoms with Gasteiger partial charge in [0.05, 0.1) is 12.7 Å². The molecule has 0 amide bonds. The van der Waals surface area contributed by atoms with E-state index in [0.29, 0.717) is 53.1 Å². The van der Waals surface area contributed by atoms with E-state index in [1.807, 2.05) is 0 Å². The van der Waals surface area contributed by atoms with Crippen LogP contribution in [-0.4, -0.2) is 24.3 Å². The predicted molar refractivity (Wildman–Crippen MR) is 123 cm³/mol. The van der Waals surface area contributed by atoms with Crippen LogP contribution in [0.15, 0.2) is 0 Å². The first kappa shape index (κ1) is 22.4. The van der Waals surface area contributed by atoms with Crippen molar-refractivity contribution in [3.05, 3.63) is 0 Å². The summed E-state index contributed by atoms with van der Waals surface area (Å²) >= 11 is 0. The zero-order chi connectivity index (χ0) is 22.0. The highest BCUT2D eigenvalue weighted by atomic mass is 16.7. The van der Waals surface area contributed by atoms with Crippen LogP contribution >= 0.6 is 0 Å². The summed E-state index contributed by atoms with van der Waals surface area (Å²) in [6, 6.07) is 0. The fourth-order valence-corrected chi connectivity index (χ4v) is 8.82. The molecule has 0 N–H and O–H groups in total. The number of carbonyl (C=O) groups is 1. The lowest BCUT2D eigenvalue weighted by atomic mass is 9.49. The molecule has 2 heterocycles. The molecule has 5 rings (SSSR count).